The van der Waals surface area contributed by atoms with E-state index in [4.69, 9.17) is 13.9 Å². The zero-order valence-electron chi connectivity index (χ0n) is 16.9. The van der Waals surface area contributed by atoms with Crippen LogP contribution in [0.1, 0.15) is 36.4 Å². The molecule has 3 rings (SSSR count). The molecule has 1 saturated heterocycles. The highest BCUT2D eigenvalue weighted by atomic mass is 32.2. The van der Waals surface area contributed by atoms with Crippen molar-refractivity contribution < 1.29 is 31.9 Å². The quantitative estimate of drug-likeness (QED) is 0.657. The number of furan rings is 1. The van der Waals surface area contributed by atoms with Crippen molar-refractivity contribution in [3.05, 3.63) is 29.5 Å². The van der Waals surface area contributed by atoms with Crippen molar-refractivity contribution in [2.75, 3.05) is 25.2 Å². The number of aryl methyl sites for hydroxylation is 1. The van der Waals surface area contributed by atoms with Crippen molar-refractivity contribution in [2.45, 2.75) is 39.3 Å². The van der Waals surface area contributed by atoms with Crippen LogP contribution in [0, 0.1) is 6.92 Å². The number of methoxy groups -OCH3 is 1. The van der Waals surface area contributed by atoms with Crippen LogP contribution in [0.25, 0.3) is 11.0 Å². The fourth-order valence-corrected chi connectivity index (χ4v) is 5.37. The Bertz CT molecular complexity index is 1040. The summed E-state index contributed by atoms with van der Waals surface area (Å²) < 4.78 is 39.7. The van der Waals surface area contributed by atoms with Gasteiger partial charge in [0.1, 0.15) is 11.3 Å². The second-order valence-electron chi connectivity index (χ2n) is 7.15. The maximum atomic E-state index is 12.8. The minimum absolute atomic E-state index is 0.0272. The van der Waals surface area contributed by atoms with Crippen LogP contribution >= 0.6 is 0 Å². The Morgan fingerprint density at radius 3 is 2.66 bits per heavy atom. The molecule has 2 atom stereocenters. The van der Waals surface area contributed by atoms with Crippen LogP contribution in [-0.2, 0) is 19.4 Å². The van der Waals surface area contributed by atoms with Gasteiger partial charge in [-0.3, -0.25) is 4.79 Å². The zero-order valence-corrected chi connectivity index (χ0v) is 17.7. The van der Waals surface area contributed by atoms with Gasteiger partial charge in [0.05, 0.1) is 18.6 Å². The van der Waals surface area contributed by atoms with Gasteiger partial charge in [-0.1, -0.05) is 0 Å². The van der Waals surface area contributed by atoms with Crippen LogP contribution in [0.5, 0.6) is 5.75 Å². The lowest BCUT2D eigenvalue weighted by Gasteiger charge is -2.29. The number of likely N-dealkylation sites (N-methyl/N-ethyl adjacent to an activating group) is 1. The van der Waals surface area contributed by atoms with Crippen LogP contribution in [-0.4, -0.2) is 62.5 Å². The van der Waals surface area contributed by atoms with Crippen molar-refractivity contribution in [1.82, 2.24) is 4.90 Å². The molecule has 1 fully saturated rings. The third kappa shape index (κ3) is 4.24. The lowest BCUT2D eigenvalue weighted by Crippen LogP contribution is -2.46. The maximum Gasteiger partial charge on any atom is 0.375 e. The van der Waals surface area contributed by atoms with E-state index in [0.717, 1.165) is 5.39 Å². The smallest absolute Gasteiger partial charge is 0.375 e. The summed E-state index contributed by atoms with van der Waals surface area (Å²) in [5.74, 6) is -0.490. The fourth-order valence-electron chi connectivity index (χ4n) is 3.63. The Morgan fingerprint density at radius 2 is 2.07 bits per heavy atom. The number of fused-ring (bicyclic) bond motifs is 1. The second-order valence-corrected chi connectivity index (χ2v) is 9.38. The Hall–Kier alpha value is -2.55. The van der Waals surface area contributed by atoms with Crippen LogP contribution in [0.4, 0.5) is 0 Å². The molecule has 1 aliphatic heterocycles. The standard InChI is InChI=1S/C20H25NO7S/c1-5-21(14-8-9-29(24,25)11-14)19(22)13(3)27-20(23)18-12(2)16-10-15(26-4)6-7-17(16)28-18/h6-7,10,13-14H,5,8-9,11H2,1-4H3/t13-,14-/m0/s1. The molecule has 2 heterocycles. The summed E-state index contributed by atoms with van der Waals surface area (Å²) in [7, 11) is -1.58. The SMILES string of the molecule is CCN(C(=O)[C@H](C)OC(=O)c1oc2ccc(OC)cc2c1C)[C@H]1CCS(=O)(=O)C1. The highest BCUT2D eigenvalue weighted by molar-refractivity contribution is 7.91. The highest BCUT2D eigenvalue weighted by Crippen LogP contribution is 2.29. The fraction of sp³-hybridized carbons (Fsp3) is 0.500. The van der Waals surface area contributed by atoms with Gasteiger partial charge in [-0.2, -0.15) is 0 Å². The van der Waals surface area contributed by atoms with E-state index in [0.29, 0.717) is 29.9 Å². The van der Waals surface area contributed by atoms with Crippen molar-refractivity contribution in [1.29, 1.82) is 0 Å². The van der Waals surface area contributed by atoms with Gasteiger partial charge in [-0.25, -0.2) is 13.2 Å². The molecule has 29 heavy (non-hydrogen) atoms. The molecule has 1 amide bonds. The molecule has 0 bridgehead atoms. The van der Waals surface area contributed by atoms with Gasteiger partial charge >= 0.3 is 5.97 Å². The highest BCUT2D eigenvalue weighted by Gasteiger charge is 2.36. The predicted octanol–water partition coefficient (Wildman–Crippen LogP) is 2.33. The molecule has 9 heteroatoms. The van der Waals surface area contributed by atoms with E-state index >= 15 is 0 Å². The average Bonchev–Trinajstić information content (AvgIpc) is 3.21. The molecule has 0 spiro atoms. The number of hydrogen-bond donors (Lipinski definition) is 0. The molecule has 1 aliphatic rings. The summed E-state index contributed by atoms with van der Waals surface area (Å²) in [5, 5.41) is 0.724. The predicted molar refractivity (Wildman–Crippen MR) is 107 cm³/mol. The first kappa shape index (κ1) is 21.2. The van der Waals surface area contributed by atoms with Gasteiger partial charge in [0.25, 0.3) is 5.91 Å². The topological polar surface area (TPSA) is 103 Å². The monoisotopic (exact) mass is 423 g/mol. The first-order chi connectivity index (χ1) is 13.7. The molecule has 0 unspecified atom stereocenters. The molecule has 8 nitrogen and oxygen atoms in total. The molecular formula is C20H25NO7S. The largest absolute Gasteiger partial charge is 0.497 e. The number of esters is 1. The summed E-state index contributed by atoms with van der Waals surface area (Å²) in [6.45, 7) is 5.32. The molecule has 1 aromatic carbocycles. The van der Waals surface area contributed by atoms with E-state index in [1.807, 2.05) is 0 Å². The third-order valence-corrected chi connectivity index (χ3v) is 6.98. The van der Waals surface area contributed by atoms with E-state index in [-0.39, 0.29) is 23.3 Å². The molecule has 0 aliphatic carbocycles. The van der Waals surface area contributed by atoms with Gasteiger partial charge in [0, 0.05) is 23.5 Å². The van der Waals surface area contributed by atoms with E-state index < -0.39 is 27.8 Å². The number of nitrogens with zero attached hydrogens (tertiary/aromatic N) is 1. The number of hydrogen-bond acceptors (Lipinski definition) is 7. The van der Waals surface area contributed by atoms with Crippen LogP contribution in [0.3, 0.4) is 0 Å². The van der Waals surface area contributed by atoms with E-state index in [2.05, 4.69) is 0 Å². The van der Waals surface area contributed by atoms with E-state index in [1.54, 1.807) is 39.2 Å². The summed E-state index contributed by atoms with van der Waals surface area (Å²) in [4.78, 5) is 26.9. The third-order valence-electron chi connectivity index (χ3n) is 5.23. The molecular weight excluding hydrogens is 398 g/mol. The average molecular weight is 423 g/mol. The second kappa shape index (κ2) is 8.06. The van der Waals surface area contributed by atoms with Crippen LogP contribution in [0.15, 0.2) is 22.6 Å². The van der Waals surface area contributed by atoms with E-state index in [9.17, 15) is 18.0 Å². The van der Waals surface area contributed by atoms with Gasteiger partial charge in [-0.05, 0) is 45.4 Å². The number of amides is 1. The number of benzene rings is 1. The van der Waals surface area contributed by atoms with Gasteiger partial charge < -0.3 is 18.8 Å². The summed E-state index contributed by atoms with van der Waals surface area (Å²) in [5.41, 5.74) is 1.11. The van der Waals surface area contributed by atoms with Gasteiger partial charge in [0.15, 0.2) is 15.9 Å². The van der Waals surface area contributed by atoms with Crippen molar-refractivity contribution in [3.8, 4) is 5.75 Å². The molecule has 1 aromatic heterocycles. The lowest BCUT2D eigenvalue weighted by atomic mass is 10.1. The Morgan fingerprint density at radius 1 is 1.34 bits per heavy atom. The van der Waals surface area contributed by atoms with Crippen molar-refractivity contribution in [2.24, 2.45) is 0 Å². The summed E-state index contributed by atoms with van der Waals surface area (Å²) >= 11 is 0. The van der Waals surface area contributed by atoms with Crippen LogP contribution in [0.2, 0.25) is 0 Å². The lowest BCUT2D eigenvalue weighted by molar-refractivity contribution is -0.141. The van der Waals surface area contributed by atoms with Gasteiger partial charge in [0.2, 0.25) is 5.76 Å². The zero-order chi connectivity index (χ0) is 21.3. The first-order valence-corrected chi connectivity index (χ1v) is 11.3. The number of rotatable bonds is 6. The van der Waals surface area contributed by atoms with Crippen molar-refractivity contribution >= 4 is 32.7 Å². The Balaban J connectivity index is 1.75. The minimum Gasteiger partial charge on any atom is -0.497 e. The Labute approximate surface area is 169 Å². The van der Waals surface area contributed by atoms with Gasteiger partial charge in [-0.15, -0.1) is 0 Å². The first-order valence-electron chi connectivity index (χ1n) is 9.46. The van der Waals surface area contributed by atoms with E-state index in [1.165, 1.54) is 11.8 Å². The molecule has 0 saturated carbocycles. The normalized spacial score (nSPS) is 19.1. The number of ether oxygens (including phenoxy) is 2. The van der Waals surface area contributed by atoms with Crippen molar-refractivity contribution in [3.63, 3.8) is 0 Å². The maximum absolute atomic E-state index is 12.8. The minimum atomic E-state index is -3.13. The molecule has 158 valence electrons. The Kier molecular flexibility index (Phi) is 5.88. The summed E-state index contributed by atoms with van der Waals surface area (Å²) in [6, 6.07) is 4.80. The number of carbonyl (C=O) groups excluding carboxylic acids is 2. The number of carbonyl (C=O) groups is 2. The molecule has 0 N–H and O–H groups in total. The van der Waals surface area contributed by atoms with Crippen LogP contribution < -0.4 is 4.74 Å². The number of sulfone groups is 1. The molecule has 2 aromatic rings. The molecule has 0 radical (unpaired) electrons. The summed E-state index contributed by atoms with van der Waals surface area (Å²) in [6.07, 6.45) is -0.666.